The van der Waals surface area contributed by atoms with Crippen LogP contribution in [0.1, 0.15) is 18.6 Å². The Hall–Kier alpha value is -2.68. The van der Waals surface area contributed by atoms with Gasteiger partial charge < -0.3 is 24.4 Å². The summed E-state index contributed by atoms with van der Waals surface area (Å²) in [5.41, 5.74) is 2.67. The molecule has 7 nitrogen and oxygen atoms in total. The van der Waals surface area contributed by atoms with Gasteiger partial charge in [-0.15, -0.1) is 0 Å². The van der Waals surface area contributed by atoms with Crippen LogP contribution in [0.2, 0.25) is 0 Å². The molecule has 0 aromatic heterocycles. The zero-order valence-corrected chi connectivity index (χ0v) is 16.8. The van der Waals surface area contributed by atoms with E-state index in [1.54, 1.807) is 17.0 Å². The van der Waals surface area contributed by atoms with Gasteiger partial charge in [0, 0.05) is 24.8 Å². The van der Waals surface area contributed by atoms with Gasteiger partial charge in [-0.25, -0.2) is 0 Å². The molecule has 2 atom stereocenters. The molecule has 3 heterocycles. The van der Waals surface area contributed by atoms with Crippen LogP contribution in [0.3, 0.4) is 0 Å². The Kier molecular flexibility index (Phi) is 4.61. The molecule has 150 valence electrons. The third kappa shape index (κ3) is 3.13. The number of thiocarbonyl (C=S) groups is 1. The van der Waals surface area contributed by atoms with Crippen molar-refractivity contribution in [3.63, 3.8) is 0 Å². The van der Waals surface area contributed by atoms with E-state index in [2.05, 4.69) is 5.32 Å². The number of fused-ring (bicyclic) bond motifs is 1. The lowest BCUT2D eigenvalue weighted by Gasteiger charge is -2.26. The second-order valence-electron chi connectivity index (χ2n) is 7.19. The molecular weight excluding hydrogens is 390 g/mol. The van der Waals surface area contributed by atoms with Crippen molar-refractivity contribution in [2.24, 2.45) is 0 Å². The number of benzene rings is 2. The minimum absolute atomic E-state index is 0.0486. The standard InChI is InChI=1S/C21H21N3O4S/c1-13-20(25)24(16-6-7-17-18(10-16)28-12-27-17)21(29)23(13)15-4-2-14(3-5-15)19-11-22-8-9-26-19/h2-7,10,13,19,22H,8-9,11-12H2,1H3. The fraction of sp³-hybridized carbons (Fsp3) is 0.333. The van der Waals surface area contributed by atoms with Crippen molar-refractivity contribution in [1.29, 1.82) is 0 Å². The summed E-state index contributed by atoms with van der Waals surface area (Å²) in [6.45, 7) is 4.44. The number of carbonyl (C=O) groups excluding carboxylic acids is 1. The van der Waals surface area contributed by atoms with Gasteiger partial charge in [0.05, 0.1) is 18.4 Å². The lowest BCUT2D eigenvalue weighted by molar-refractivity contribution is -0.117. The van der Waals surface area contributed by atoms with Gasteiger partial charge in [-0.1, -0.05) is 12.1 Å². The molecule has 2 unspecified atom stereocenters. The summed E-state index contributed by atoms with van der Waals surface area (Å²) >= 11 is 5.69. The molecule has 0 bridgehead atoms. The van der Waals surface area contributed by atoms with Gasteiger partial charge in [-0.05, 0) is 49.0 Å². The highest BCUT2D eigenvalue weighted by atomic mass is 32.1. The third-order valence-corrected chi connectivity index (χ3v) is 5.83. The second-order valence-corrected chi connectivity index (χ2v) is 7.56. The third-order valence-electron chi connectivity index (χ3n) is 5.45. The molecule has 8 heteroatoms. The molecule has 1 N–H and O–H groups in total. The Balaban J connectivity index is 1.41. The topological polar surface area (TPSA) is 63.3 Å². The number of carbonyl (C=O) groups is 1. The molecule has 1 amide bonds. The first-order chi connectivity index (χ1) is 14.1. The predicted molar refractivity (Wildman–Crippen MR) is 113 cm³/mol. The molecule has 0 saturated carbocycles. The quantitative estimate of drug-likeness (QED) is 0.779. The van der Waals surface area contributed by atoms with Crippen LogP contribution in [-0.4, -0.2) is 43.6 Å². The summed E-state index contributed by atoms with van der Waals surface area (Å²) < 4.78 is 16.6. The summed E-state index contributed by atoms with van der Waals surface area (Å²) in [6.07, 6.45) is 0.0486. The first-order valence-corrected chi connectivity index (χ1v) is 10.0. The molecule has 2 saturated heterocycles. The van der Waals surface area contributed by atoms with E-state index in [1.165, 1.54) is 0 Å². The minimum atomic E-state index is -0.397. The van der Waals surface area contributed by atoms with E-state index >= 15 is 0 Å². The number of hydrogen-bond donors (Lipinski definition) is 1. The average molecular weight is 411 g/mol. The molecule has 3 aliphatic heterocycles. The van der Waals surface area contributed by atoms with Crippen LogP contribution in [0.5, 0.6) is 11.5 Å². The maximum absolute atomic E-state index is 13.0. The molecule has 2 aromatic carbocycles. The summed E-state index contributed by atoms with van der Waals surface area (Å²) in [5, 5.41) is 3.79. The molecule has 3 aliphatic rings. The van der Waals surface area contributed by atoms with E-state index in [0.717, 1.165) is 24.3 Å². The van der Waals surface area contributed by atoms with Crippen LogP contribution in [-0.2, 0) is 9.53 Å². The van der Waals surface area contributed by atoms with E-state index in [0.29, 0.717) is 28.9 Å². The van der Waals surface area contributed by atoms with Crippen molar-refractivity contribution in [3.05, 3.63) is 48.0 Å². The van der Waals surface area contributed by atoms with Gasteiger partial charge in [0.2, 0.25) is 6.79 Å². The van der Waals surface area contributed by atoms with E-state index < -0.39 is 6.04 Å². The number of nitrogens with zero attached hydrogens (tertiary/aromatic N) is 2. The van der Waals surface area contributed by atoms with Crippen LogP contribution in [0.4, 0.5) is 11.4 Å². The Morgan fingerprint density at radius 2 is 1.83 bits per heavy atom. The average Bonchev–Trinajstić information content (AvgIpc) is 3.31. The highest BCUT2D eigenvalue weighted by molar-refractivity contribution is 7.81. The molecule has 0 radical (unpaired) electrons. The maximum atomic E-state index is 13.0. The normalized spacial score (nSPS) is 23.8. The summed E-state index contributed by atoms with van der Waals surface area (Å²) in [7, 11) is 0. The van der Waals surface area contributed by atoms with Gasteiger partial charge in [-0.3, -0.25) is 9.69 Å². The van der Waals surface area contributed by atoms with E-state index in [9.17, 15) is 4.79 Å². The van der Waals surface area contributed by atoms with Crippen molar-refractivity contribution < 1.29 is 19.0 Å². The van der Waals surface area contributed by atoms with Crippen molar-refractivity contribution in [2.75, 3.05) is 36.3 Å². The first kappa shape index (κ1) is 18.4. The van der Waals surface area contributed by atoms with Crippen molar-refractivity contribution in [2.45, 2.75) is 19.1 Å². The second kappa shape index (κ2) is 7.29. The molecule has 5 rings (SSSR count). The zero-order valence-electron chi connectivity index (χ0n) is 16.0. The number of amides is 1. The Bertz CT molecular complexity index is 959. The zero-order chi connectivity index (χ0) is 20.0. The highest BCUT2D eigenvalue weighted by Gasteiger charge is 2.41. The number of ether oxygens (including phenoxy) is 3. The van der Waals surface area contributed by atoms with Gasteiger partial charge in [-0.2, -0.15) is 0 Å². The van der Waals surface area contributed by atoms with E-state index in [4.69, 9.17) is 26.4 Å². The summed E-state index contributed by atoms with van der Waals surface area (Å²) in [4.78, 5) is 16.5. The smallest absolute Gasteiger partial charge is 0.256 e. The van der Waals surface area contributed by atoms with E-state index in [1.807, 2.05) is 42.2 Å². The molecule has 2 aromatic rings. The van der Waals surface area contributed by atoms with Crippen LogP contribution in [0, 0.1) is 0 Å². The number of nitrogens with one attached hydrogen (secondary N) is 1. The van der Waals surface area contributed by atoms with Crippen LogP contribution in [0.25, 0.3) is 0 Å². The Morgan fingerprint density at radius 1 is 1.07 bits per heavy atom. The number of hydrogen-bond acceptors (Lipinski definition) is 6. The highest BCUT2D eigenvalue weighted by Crippen LogP contribution is 2.38. The van der Waals surface area contributed by atoms with Crippen molar-refractivity contribution >= 4 is 34.6 Å². The van der Waals surface area contributed by atoms with Gasteiger partial charge >= 0.3 is 0 Å². The van der Waals surface area contributed by atoms with E-state index in [-0.39, 0.29) is 18.8 Å². The van der Waals surface area contributed by atoms with Crippen LogP contribution >= 0.6 is 12.2 Å². The Morgan fingerprint density at radius 3 is 2.59 bits per heavy atom. The molecular formula is C21H21N3O4S. The van der Waals surface area contributed by atoms with Crippen LogP contribution < -0.4 is 24.6 Å². The number of morpholine rings is 1. The van der Waals surface area contributed by atoms with Gasteiger partial charge in [0.25, 0.3) is 5.91 Å². The molecule has 2 fully saturated rings. The largest absolute Gasteiger partial charge is 0.454 e. The van der Waals surface area contributed by atoms with Gasteiger partial charge in [0.1, 0.15) is 6.04 Å². The first-order valence-electron chi connectivity index (χ1n) is 9.62. The van der Waals surface area contributed by atoms with Crippen molar-refractivity contribution in [3.8, 4) is 11.5 Å². The number of anilines is 2. The lowest BCUT2D eigenvalue weighted by Crippen LogP contribution is -2.34. The molecule has 0 aliphatic carbocycles. The Labute approximate surface area is 174 Å². The molecule has 0 spiro atoms. The summed E-state index contributed by atoms with van der Waals surface area (Å²) in [5.74, 6) is 1.22. The monoisotopic (exact) mass is 411 g/mol. The fourth-order valence-corrected chi connectivity index (χ4v) is 4.35. The van der Waals surface area contributed by atoms with Crippen molar-refractivity contribution in [1.82, 2.24) is 5.32 Å². The number of rotatable bonds is 3. The fourth-order valence-electron chi connectivity index (χ4n) is 3.89. The predicted octanol–water partition coefficient (Wildman–Crippen LogP) is 2.60. The SMILES string of the molecule is CC1C(=O)N(c2ccc3c(c2)OCO3)C(=S)N1c1ccc(C2CNCCO2)cc1. The molecule has 29 heavy (non-hydrogen) atoms. The summed E-state index contributed by atoms with van der Waals surface area (Å²) in [6, 6.07) is 13.1. The van der Waals surface area contributed by atoms with Crippen LogP contribution in [0.15, 0.2) is 42.5 Å². The lowest BCUT2D eigenvalue weighted by atomic mass is 10.1. The maximum Gasteiger partial charge on any atom is 0.256 e. The minimum Gasteiger partial charge on any atom is -0.454 e. The van der Waals surface area contributed by atoms with Gasteiger partial charge in [0.15, 0.2) is 16.6 Å².